The maximum atomic E-state index is 12.4. The van der Waals surface area contributed by atoms with E-state index < -0.39 is 0 Å². The number of anilines is 2. The Labute approximate surface area is 192 Å². The molecule has 0 fully saturated rings. The van der Waals surface area contributed by atoms with Crippen LogP contribution in [-0.2, 0) is 6.54 Å². The van der Waals surface area contributed by atoms with Gasteiger partial charge in [-0.25, -0.2) is 0 Å². The van der Waals surface area contributed by atoms with Crippen molar-refractivity contribution in [3.8, 4) is 11.6 Å². The van der Waals surface area contributed by atoms with Crippen molar-refractivity contribution in [3.63, 3.8) is 0 Å². The Bertz CT molecular complexity index is 1340. The zero-order chi connectivity index (χ0) is 23.4. The highest BCUT2D eigenvalue weighted by Crippen LogP contribution is 2.27. The molecule has 0 aliphatic carbocycles. The highest BCUT2D eigenvalue weighted by atomic mass is 16.5. The van der Waals surface area contributed by atoms with E-state index >= 15 is 0 Å². The monoisotopic (exact) mass is 442 g/mol. The Morgan fingerprint density at radius 3 is 2.36 bits per heavy atom. The van der Waals surface area contributed by atoms with Gasteiger partial charge in [0.1, 0.15) is 5.75 Å². The zero-order valence-corrected chi connectivity index (χ0v) is 18.8. The van der Waals surface area contributed by atoms with Gasteiger partial charge in [-0.15, -0.1) is 0 Å². The van der Waals surface area contributed by atoms with Gasteiger partial charge in [0.05, 0.1) is 18.4 Å². The number of aromatic amines is 1. The van der Waals surface area contributed by atoms with E-state index in [4.69, 9.17) is 4.74 Å². The van der Waals surface area contributed by atoms with Crippen LogP contribution in [0, 0.1) is 0 Å². The second-order valence-electron chi connectivity index (χ2n) is 7.99. The summed E-state index contributed by atoms with van der Waals surface area (Å²) in [6.07, 6.45) is 1.58. The Kier molecular flexibility index (Phi) is 6.42. The largest absolute Gasteiger partial charge is 0.497 e. The standard InChI is InChI=1S/C26H26N4O3/c1-30(2)16-17-4-6-18(7-5-17)27-15-24-23-14-20(10-13-22(23)25(31)29-26(24)32)28-19-8-11-21(33-3)12-9-19/h4-15,28H,16H2,1-3H3,(H2,29,31,32). The third kappa shape index (κ3) is 5.22. The quantitative estimate of drug-likeness (QED) is 0.358. The summed E-state index contributed by atoms with van der Waals surface area (Å²) in [5.74, 6) is 0.547. The Balaban J connectivity index is 1.67. The number of hydrogen-bond acceptors (Lipinski definition) is 6. The van der Waals surface area contributed by atoms with Gasteiger partial charge in [0, 0.05) is 34.9 Å². The van der Waals surface area contributed by atoms with Gasteiger partial charge in [-0.05, 0) is 74.3 Å². The lowest BCUT2D eigenvalue weighted by molar-refractivity contribution is 0.402. The van der Waals surface area contributed by atoms with Crippen LogP contribution in [0.1, 0.15) is 11.1 Å². The summed E-state index contributed by atoms with van der Waals surface area (Å²) in [4.78, 5) is 21.5. The minimum absolute atomic E-state index is 0.220. The summed E-state index contributed by atoms with van der Waals surface area (Å²) in [7, 11) is 5.67. The molecule has 0 radical (unpaired) electrons. The Morgan fingerprint density at radius 2 is 1.70 bits per heavy atom. The molecule has 0 spiro atoms. The van der Waals surface area contributed by atoms with Gasteiger partial charge in [0.2, 0.25) is 5.88 Å². The first-order chi connectivity index (χ1) is 15.9. The lowest BCUT2D eigenvalue weighted by Gasteiger charge is -2.10. The number of H-pyrrole nitrogens is 1. The molecule has 4 rings (SSSR count). The molecule has 3 aromatic carbocycles. The summed E-state index contributed by atoms with van der Waals surface area (Å²) in [6.45, 7) is 0.847. The fraction of sp³-hybridized carbons (Fsp3) is 0.154. The van der Waals surface area contributed by atoms with E-state index in [1.54, 1.807) is 19.4 Å². The predicted molar refractivity (Wildman–Crippen MR) is 134 cm³/mol. The molecule has 3 N–H and O–H groups in total. The van der Waals surface area contributed by atoms with Crippen LogP contribution >= 0.6 is 0 Å². The number of pyridine rings is 1. The molecule has 1 heterocycles. The van der Waals surface area contributed by atoms with Crippen LogP contribution in [0.4, 0.5) is 17.1 Å². The Morgan fingerprint density at radius 1 is 1.00 bits per heavy atom. The minimum atomic E-state index is -0.358. The average Bonchev–Trinajstić information content (AvgIpc) is 2.80. The molecule has 7 nitrogen and oxygen atoms in total. The van der Waals surface area contributed by atoms with E-state index in [1.165, 1.54) is 5.56 Å². The zero-order valence-electron chi connectivity index (χ0n) is 18.8. The lowest BCUT2D eigenvalue weighted by atomic mass is 10.1. The summed E-state index contributed by atoms with van der Waals surface area (Å²) in [5, 5.41) is 14.8. The number of nitrogens with zero attached hydrogens (tertiary/aromatic N) is 2. The number of aromatic hydroxyl groups is 1. The minimum Gasteiger partial charge on any atom is -0.497 e. The molecular formula is C26H26N4O3. The number of aliphatic imine (C=N–C) groups is 1. The smallest absolute Gasteiger partial charge is 0.258 e. The van der Waals surface area contributed by atoms with Crippen molar-refractivity contribution in [2.75, 3.05) is 26.5 Å². The summed E-state index contributed by atoms with van der Waals surface area (Å²) < 4.78 is 5.20. The number of rotatable bonds is 7. The van der Waals surface area contributed by atoms with E-state index in [1.807, 2.05) is 74.8 Å². The van der Waals surface area contributed by atoms with Crippen molar-refractivity contribution in [2.45, 2.75) is 6.54 Å². The second kappa shape index (κ2) is 9.58. The molecule has 33 heavy (non-hydrogen) atoms. The van der Waals surface area contributed by atoms with Crippen molar-refractivity contribution < 1.29 is 9.84 Å². The van der Waals surface area contributed by atoms with Crippen LogP contribution in [0.25, 0.3) is 10.8 Å². The average molecular weight is 443 g/mol. The van der Waals surface area contributed by atoms with Gasteiger partial charge >= 0.3 is 0 Å². The first kappa shape index (κ1) is 22.1. The third-order valence-corrected chi connectivity index (χ3v) is 5.20. The molecule has 0 saturated carbocycles. The maximum absolute atomic E-state index is 12.4. The number of benzene rings is 3. The molecule has 0 bridgehead atoms. The SMILES string of the molecule is COc1ccc(Nc2ccc3c(=O)[nH]c(O)c(C=Nc4ccc(CN(C)C)cc4)c3c2)cc1. The van der Waals surface area contributed by atoms with Gasteiger partial charge in [-0.3, -0.25) is 14.8 Å². The normalized spacial score (nSPS) is 11.4. The van der Waals surface area contributed by atoms with Gasteiger partial charge in [-0.1, -0.05) is 12.1 Å². The molecule has 0 aliphatic heterocycles. The molecule has 0 atom stereocenters. The Hall–Kier alpha value is -4.10. The molecule has 0 saturated heterocycles. The highest BCUT2D eigenvalue weighted by Gasteiger charge is 2.11. The fourth-order valence-corrected chi connectivity index (χ4v) is 3.58. The molecule has 0 unspecified atom stereocenters. The van der Waals surface area contributed by atoms with E-state index in [9.17, 15) is 9.90 Å². The van der Waals surface area contributed by atoms with E-state index in [-0.39, 0.29) is 11.4 Å². The summed E-state index contributed by atoms with van der Waals surface area (Å²) in [5.41, 5.74) is 3.68. The number of fused-ring (bicyclic) bond motifs is 1. The topological polar surface area (TPSA) is 89.9 Å². The van der Waals surface area contributed by atoms with Gasteiger partial charge in [0.15, 0.2) is 0 Å². The van der Waals surface area contributed by atoms with Crippen molar-refractivity contribution >= 4 is 34.0 Å². The molecular weight excluding hydrogens is 416 g/mol. The van der Waals surface area contributed by atoms with Crippen LogP contribution in [-0.4, -0.2) is 42.4 Å². The lowest BCUT2D eigenvalue weighted by Crippen LogP contribution is -2.10. The first-order valence-electron chi connectivity index (χ1n) is 10.5. The molecule has 7 heteroatoms. The number of aromatic nitrogens is 1. The van der Waals surface area contributed by atoms with Crippen LogP contribution in [0.2, 0.25) is 0 Å². The second-order valence-corrected chi connectivity index (χ2v) is 7.99. The number of hydrogen-bond donors (Lipinski definition) is 3. The van der Waals surface area contributed by atoms with Crippen molar-refractivity contribution in [1.29, 1.82) is 0 Å². The first-order valence-corrected chi connectivity index (χ1v) is 10.5. The summed E-state index contributed by atoms with van der Waals surface area (Å²) in [6, 6.07) is 20.8. The van der Waals surface area contributed by atoms with Crippen LogP contribution in [0.5, 0.6) is 11.6 Å². The molecule has 168 valence electrons. The third-order valence-electron chi connectivity index (χ3n) is 5.20. The number of ether oxygens (including phenoxy) is 1. The van der Waals surface area contributed by atoms with Crippen LogP contribution < -0.4 is 15.6 Å². The number of nitrogens with one attached hydrogen (secondary N) is 2. The highest BCUT2D eigenvalue weighted by molar-refractivity contribution is 6.03. The van der Waals surface area contributed by atoms with E-state index in [2.05, 4.69) is 20.2 Å². The molecule has 1 aromatic heterocycles. The van der Waals surface area contributed by atoms with Crippen molar-refractivity contribution in [3.05, 3.63) is 88.2 Å². The van der Waals surface area contributed by atoms with Crippen LogP contribution in [0.15, 0.2) is 76.5 Å². The molecule has 0 amide bonds. The van der Waals surface area contributed by atoms with E-state index in [0.29, 0.717) is 16.3 Å². The number of methoxy groups -OCH3 is 1. The molecule has 0 aliphatic rings. The van der Waals surface area contributed by atoms with Gasteiger partial charge < -0.3 is 20.1 Å². The van der Waals surface area contributed by atoms with Gasteiger partial charge in [-0.2, -0.15) is 0 Å². The maximum Gasteiger partial charge on any atom is 0.258 e. The van der Waals surface area contributed by atoms with Crippen molar-refractivity contribution in [1.82, 2.24) is 9.88 Å². The fourth-order valence-electron chi connectivity index (χ4n) is 3.58. The summed E-state index contributed by atoms with van der Waals surface area (Å²) >= 11 is 0. The van der Waals surface area contributed by atoms with Crippen LogP contribution in [0.3, 0.4) is 0 Å². The van der Waals surface area contributed by atoms with Crippen molar-refractivity contribution in [2.24, 2.45) is 4.99 Å². The predicted octanol–water partition coefficient (Wildman–Crippen LogP) is 4.80. The van der Waals surface area contributed by atoms with Gasteiger partial charge in [0.25, 0.3) is 5.56 Å². The van der Waals surface area contributed by atoms with E-state index in [0.717, 1.165) is 29.4 Å². The molecule has 4 aromatic rings.